The molecule has 0 unspecified atom stereocenters. The number of carbonyl (C=O) groups is 1. The molecule has 1 heterocycles. The lowest BCUT2D eigenvalue weighted by Crippen LogP contribution is -2.11. The van der Waals surface area contributed by atoms with E-state index in [1.54, 1.807) is 12.1 Å². The molecule has 0 aliphatic heterocycles. The number of rotatable bonds is 3. The van der Waals surface area contributed by atoms with E-state index in [-0.39, 0.29) is 5.91 Å². The van der Waals surface area contributed by atoms with E-state index in [0.29, 0.717) is 23.2 Å². The third kappa shape index (κ3) is 3.48. The smallest absolute Gasteiger partial charge is 0.257 e. The average Bonchev–Trinajstić information content (AvgIpc) is 3.26. The van der Waals surface area contributed by atoms with Gasteiger partial charge in [0.1, 0.15) is 0 Å². The van der Waals surface area contributed by atoms with Gasteiger partial charge in [0.25, 0.3) is 5.91 Å². The summed E-state index contributed by atoms with van der Waals surface area (Å²) in [7, 11) is 0. The quantitative estimate of drug-likeness (QED) is 0.856. The molecular weight excluding hydrogens is 282 g/mol. The van der Waals surface area contributed by atoms with Crippen LogP contribution in [-0.4, -0.2) is 17.4 Å². The highest BCUT2D eigenvalue weighted by atomic mass is 32.1. The molecule has 2 aromatic rings. The molecule has 0 atom stereocenters. The molecule has 106 valence electrons. The standard InChI is InChI=1S/C16H15N3OS/c17-8-2-4-11-3-1-5-13(9-11)15(20)19-16-18-14(10-21-16)12-6-7-12/h1,3,5,9-10,12H,6-8,17H2,(H,18,19,20). The van der Waals surface area contributed by atoms with Crippen LogP contribution in [0.2, 0.25) is 0 Å². The molecule has 1 amide bonds. The van der Waals surface area contributed by atoms with Gasteiger partial charge in [0, 0.05) is 22.4 Å². The zero-order valence-electron chi connectivity index (χ0n) is 11.4. The van der Waals surface area contributed by atoms with E-state index >= 15 is 0 Å². The Morgan fingerprint density at radius 3 is 3.10 bits per heavy atom. The first-order chi connectivity index (χ1) is 10.3. The van der Waals surface area contributed by atoms with E-state index in [2.05, 4.69) is 22.1 Å². The zero-order valence-corrected chi connectivity index (χ0v) is 12.2. The lowest BCUT2D eigenvalue weighted by Gasteiger charge is -2.02. The first-order valence-electron chi connectivity index (χ1n) is 6.82. The highest BCUT2D eigenvalue weighted by Gasteiger charge is 2.26. The highest BCUT2D eigenvalue weighted by molar-refractivity contribution is 7.14. The molecule has 4 nitrogen and oxygen atoms in total. The van der Waals surface area contributed by atoms with Crippen LogP contribution < -0.4 is 11.1 Å². The van der Waals surface area contributed by atoms with Gasteiger partial charge in [-0.1, -0.05) is 17.9 Å². The van der Waals surface area contributed by atoms with Gasteiger partial charge in [-0.15, -0.1) is 11.3 Å². The number of thiazole rings is 1. The number of amides is 1. The minimum atomic E-state index is -0.164. The van der Waals surface area contributed by atoms with Gasteiger partial charge >= 0.3 is 0 Å². The number of hydrogen-bond donors (Lipinski definition) is 2. The van der Waals surface area contributed by atoms with Crippen molar-refractivity contribution in [1.29, 1.82) is 0 Å². The maximum absolute atomic E-state index is 12.2. The maximum Gasteiger partial charge on any atom is 0.257 e. The molecule has 1 aliphatic carbocycles. The Labute approximate surface area is 127 Å². The molecule has 3 rings (SSSR count). The number of hydrogen-bond acceptors (Lipinski definition) is 4. The molecule has 0 bridgehead atoms. The van der Waals surface area contributed by atoms with Crippen LogP contribution in [0.3, 0.4) is 0 Å². The summed E-state index contributed by atoms with van der Waals surface area (Å²) < 4.78 is 0. The lowest BCUT2D eigenvalue weighted by atomic mass is 10.1. The second-order valence-electron chi connectivity index (χ2n) is 4.89. The third-order valence-corrected chi connectivity index (χ3v) is 3.97. The van der Waals surface area contributed by atoms with Crippen LogP contribution in [-0.2, 0) is 0 Å². The summed E-state index contributed by atoms with van der Waals surface area (Å²) in [5.41, 5.74) is 7.80. The Bertz CT molecular complexity index is 722. The van der Waals surface area contributed by atoms with Crippen molar-refractivity contribution in [2.45, 2.75) is 18.8 Å². The van der Waals surface area contributed by atoms with Crippen LogP contribution in [0.5, 0.6) is 0 Å². The topological polar surface area (TPSA) is 68.0 Å². The van der Waals surface area contributed by atoms with E-state index in [1.165, 1.54) is 24.2 Å². The number of anilines is 1. The Hall–Kier alpha value is -2.16. The van der Waals surface area contributed by atoms with E-state index < -0.39 is 0 Å². The molecule has 1 aromatic carbocycles. The van der Waals surface area contributed by atoms with Gasteiger partial charge < -0.3 is 5.73 Å². The van der Waals surface area contributed by atoms with Crippen LogP contribution in [0, 0.1) is 11.8 Å². The van der Waals surface area contributed by atoms with Crippen molar-refractivity contribution in [3.8, 4) is 11.8 Å². The summed E-state index contributed by atoms with van der Waals surface area (Å²) in [6, 6.07) is 7.19. The highest BCUT2D eigenvalue weighted by Crippen LogP contribution is 2.40. The SMILES string of the molecule is NCC#Cc1cccc(C(=O)Nc2nc(C3CC3)cs2)c1. The van der Waals surface area contributed by atoms with Crippen molar-refractivity contribution >= 4 is 22.4 Å². The van der Waals surface area contributed by atoms with Crippen LogP contribution in [0.1, 0.15) is 40.4 Å². The van der Waals surface area contributed by atoms with Gasteiger partial charge in [0.2, 0.25) is 0 Å². The minimum absolute atomic E-state index is 0.164. The number of aromatic nitrogens is 1. The summed E-state index contributed by atoms with van der Waals surface area (Å²) in [6.45, 7) is 0.305. The van der Waals surface area contributed by atoms with Gasteiger partial charge in [0.15, 0.2) is 5.13 Å². The van der Waals surface area contributed by atoms with Crippen LogP contribution in [0.4, 0.5) is 5.13 Å². The van der Waals surface area contributed by atoms with Gasteiger partial charge in [-0.2, -0.15) is 0 Å². The fourth-order valence-corrected chi connectivity index (χ4v) is 2.76. The summed E-state index contributed by atoms with van der Waals surface area (Å²) in [6.07, 6.45) is 2.41. The molecule has 0 spiro atoms. The fraction of sp³-hybridized carbons (Fsp3) is 0.250. The van der Waals surface area contributed by atoms with Crippen molar-refractivity contribution in [3.63, 3.8) is 0 Å². The predicted molar refractivity (Wildman–Crippen MR) is 84.4 cm³/mol. The Morgan fingerprint density at radius 1 is 1.48 bits per heavy atom. The average molecular weight is 297 g/mol. The van der Waals surface area contributed by atoms with Crippen molar-refractivity contribution in [3.05, 3.63) is 46.5 Å². The van der Waals surface area contributed by atoms with Crippen LogP contribution >= 0.6 is 11.3 Å². The first-order valence-corrected chi connectivity index (χ1v) is 7.70. The van der Waals surface area contributed by atoms with E-state index in [9.17, 15) is 4.79 Å². The second kappa shape index (κ2) is 6.08. The fourth-order valence-electron chi connectivity index (χ4n) is 1.97. The third-order valence-electron chi connectivity index (χ3n) is 3.20. The van der Waals surface area contributed by atoms with E-state index in [0.717, 1.165) is 11.3 Å². The molecule has 1 aromatic heterocycles. The summed E-state index contributed by atoms with van der Waals surface area (Å²) in [4.78, 5) is 16.7. The van der Waals surface area contributed by atoms with Crippen molar-refractivity contribution in [2.24, 2.45) is 5.73 Å². The Morgan fingerprint density at radius 2 is 2.33 bits per heavy atom. The minimum Gasteiger partial charge on any atom is -0.320 e. The maximum atomic E-state index is 12.2. The molecule has 0 radical (unpaired) electrons. The lowest BCUT2D eigenvalue weighted by molar-refractivity contribution is 0.102. The molecule has 21 heavy (non-hydrogen) atoms. The van der Waals surface area contributed by atoms with Crippen molar-refractivity contribution in [2.75, 3.05) is 11.9 Å². The van der Waals surface area contributed by atoms with Crippen molar-refractivity contribution < 1.29 is 4.79 Å². The predicted octanol–water partition coefficient (Wildman–Crippen LogP) is 2.58. The van der Waals surface area contributed by atoms with Gasteiger partial charge in [-0.25, -0.2) is 4.98 Å². The number of nitrogens with zero attached hydrogens (tertiary/aromatic N) is 1. The first kappa shape index (κ1) is 13.8. The molecule has 3 N–H and O–H groups in total. The van der Waals surface area contributed by atoms with Gasteiger partial charge in [0.05, 0.1) is 12.2 Å². The summed E-state index contributed by atoms with van der Waals surface area (Å²) >= 11 is 1.47. The second-order valence-corrected chi connectivity index (χ2v) is 5.75. The molecular formula is C16H15N3OS. The van der Waals surface area contributed by atoms with E-state index in [1.807, 2.05) is 17.5 Å². The molecule has 1 aliphatic rings. The zero-order chi connectivity index (χ0) is 14.7. The molecule has 0 saturated heterocycles. The Balaban J connectivity index is 1.71. The summed E-state index contributed by atoms with van der Waals surface area (Å²) in [5.74, 6) is 6.14. The van der Waals surface area contributed by atoms with Crippen LogP contribution in [0.15, 0.2) is 29.6 Å². The van der Waals surface area contributed by atoms with Crippen LogP contribution in [0.25, 0.3) is 0 Å². The molecule has 5 heteroatoms. The van der Waals surface area contributed by atoms with Gasteiger partial charge in [-0.05, 0) is 31.0 Å². The number of nitrogens with one attached hydrogen (secondary N) is 1. The molecule has 1 fully saturated rings. The van der Waals surface area contributed by atoms with Crippen molar-refractivity contribution in [1.82, 2.24) is 4.98 Å². The number of benzene rings is 1. The Kier molecular flexibility index (Phi) is 4.00. The monoisotopic (exact) mass is 297 g/mol. The van der Waals surface area contributed by atoms with Gasteiger partial charge in [-0.3, -0.25) is 10.1 Å². The summed E-state index contributed by atoms with van der Waals surface area (Å²) in [5, 5.41) is 5.52. The normalized spacial score (nSPS) is 13.4. The largest absolute Gasteiger partial charge is 0.320 e. The van der Waals surface area contributed by atoms with E-state index in [4.69, 9.17) is 5.73 Å². The number of nitrogens with two attached hydrogens (primary N) is 1. The molecule has 1 saturated carbocycles. The number of carbonyl (C=O) groups excluding carboxylic acids is 1.